The van der Waals surface area contributed by atoms with Gasteiger partial charge >= 0.3 is 12.1 Å². The van der Waals surface area contributed by atoms with Crippen molar-refractivity contribution >= 4 is 46.5 Å². The van der Waals surface area contributed by atoms with Crippen molar-refractivity contribution < 1.29 is 9.59 Å². The Morgan fingerprint density at radius 2 is 0.842 bits per heavy atom. The summed E-state index contributed by atoms with van der Waals surface area (Å²) in [5, 5.41) is 11.2. The molecule has 4 N–H and O–H groups in total. The van der Waals surface area contributed by atoms with E-state index in [2.05, 4.69) is 41.1 Å². The number of aliphatic imine (C=N–C) groups is 2. The van der Waals surface area contributed by atoms with Gasteiger partial charge in [0.1, 0.15) is 11.7 Å². The first-order chi connectivity index (χ1) is 18.4. The Bertz CT molecular complexity index is 1260. The van der Waals surface area contributed by atoms with Gasteiger partial charge in [-0.1, -0.05) is 0 Å². The Labute approximate surface area is 221 Å². The Morgan fingerprint density at radius 3 is 1.11 bits per heavy atom. The van der Waals surface area contributed by atoms with Crippen LogP contribution in [0.3, 0.4) is 0 Å². The molecular weight excluding hydrogens is 480 g/mol. The number of amides is 4. The third-order valence-corrected chi connectivity index (χ3v) is 6.32. The number of hydrogen-bond donors (Lipinski definition) is 4. The van der Waals surface area contributed by atoms with Crippen molar-refractivity contribution in [2.75, 3.05) is 61.5 Å². The molecule has 194 valence electrons. The Hall–Kier alpha value is -4.86. The van der Waals surface area contributed by atoms with Crippen LogP contribution in [0.2, 0.25) is 0 Å². The van der Waals surface area contributed by atoms with Gasteiger partial charge in [-0.25, -0.2) is 9.59 Å². The first kappa shape index (κ1) is 24.8. The monoisotopic (exact) mass is 510 g/mol. The summed E-state index contributed by atoms with van der Waals surface area (Å²) >= 11 is 0. The van der Waals surface area contributed by atoms with E-state index in [-0.39, 0.29) is 12.1 Å². The summed E-state index contributed by atoms with van der Waals surface area (Å²) in [6, 6.07) is 21.4. The fourth-order valence-corrected chi connectivity index (χ4v) is 4.32. The average molecular weight is 511 g/mol. The standard InChI is InChI=1S/C28H30N8O2/c1-35-17-15-29-25(35)19-3-7-21(8-4-19)31-27(37)33-23-11-13-24(14-12-23)34-28(38)32-22-9-5-20(6-10-22)26-30-16-18-36(26)2/h3-14H,15-18H2,1-2H3,(H2,31,33,37)(H2,32,34,38). The summed E-state index contributed by atoms with van der Waals surface area (Å²) in [7, 11) is 4.03. The molecule has 2 aliphatic heterocycles. The van der Waals surface area contributed by atoms with Crippen molar-refractivity contribution in [1.82, 2.24) is 9.80 Å². The van der Waals surface area contributed by atoms with Crippen molar-refractivity contribution in [1.29, 1.82) is 0 Å². The maximum atomic E-state index is 12.4. The van der Waals surface area contributed by atoms with E-state index >= 15 is 0 Å². The largest absolute Gasteiger partial charge is 0.358 e. The summed E-state index contributed by atoms with van der Waals surface area (Å²) in [5.74, 6) is 1.92. The molecule has 4 amide bonds. The van der Waals surface area contributed by atoms with Gasteiger partial charge in [0, 0.05) is 61.1 Å². The second-order valence-electron chi connectivity index (χ2n) is 9.14. The lowest BCUT2D eigenvalue weighted by Gasteiger charge is -2.14. The van der Waals surface area contributed by atoms with E-state index < -0.39 is 0 Å². The van der Waals surface area contributed by atoms with Crippen LogP contribution in [0.5, 0.6) is 0 Å². The highest BCUT2D eigenvalue weighted by molar-refractivity contribution is 6.03. The summed E-state index contributed by atoms with van der Waals surface area (Å²) in [4.78, 5) is 38.1. The van der Waals surface area contributed by atoms with Gasteiger partial charge in [0.2, 0.25) is 0 Å². The van der Waals surface area contributed by atoms with E-state index in [1.165, 1.54) is 0 Å². The molecule has 2 heterocycles. The Balaban J connectivity index is 1.09. The number of benzene rings is 3. The minimum Gasteiger partial charge on any atom is -0.358 e. The average Bonchev–Trinajstić information content (AvgIpc) is 3.54. The molecule has 10 nitrogen and oxygen atoms in total. The molecule has 0 aliphatic carbocycles. The number of likely N-dealkylation sites (N-methyl/N-ethyl adjacent to an activating group) is 2. The van der Waals surface area contributed by atoms with Crippen LogP contribution in [0.1, 0.15) is 11.1 Å². The maximum absolute atomic E-state index is 12.4. The number of rotatable bonds is 6. The van der Waals surface area contributed by atoms with Gasteiger partial charge in [0.25, 0.3) is 0 Å². The van der Waals surface area contributed by atoms with Gasteiger partial charge in [0.15, 0.2) is 0 Å². The van der Waals surface area contributed by atoms with Crippen LogP contribution in [0.15, 0.2) is 82.8 Å². The third-order valence-electron chi connectivity index (χ3n) is 6.32. The maximum Gasteiger partial charge on any atom is 0.323 e. The van der Waals surface area contributed by atoms with Gasteiger partial charge in [-0.3, -0.25) is 9.98 Å². The normalized spacial score (nSPS) is 14.6. The molecule has 3 aromatic carbocycles. The lowest BCUT2D eigenvalue weighted by atomic mass is 10.2. The molecular formula is C28H30N8O2. The second kappa shape index (κ2) is 11.0. The van der Waals surface area contributed by atoms with E-state index in [1.54, 1.807) is 24.3 Å². The fourth-order valence-electron chi connectivity index (χ4n) is 4.32. The minimum atomic E-state index is -0.357. The van der Waals surface area contributed by atoms with Crippen LogP contribution in [0, 0.1) is 0 Å². The number of anilines is 4. The summed E-state index contributed by atoms with van der Waals surface area (Å²) in [5.41, 5.74) is 4.60. The lowest BCUT2D eigenvalue weighted by Crippen LogP contribution is -2.23. The molecule has 38 heavy (non-hydrogen) atoms. The first-order valence-electron chi connectivity index (χ1n) is 12.4. The van der Waals surface area contributed by atoms with E-state index in [0.717, 1.165) is 49.0 Å². The van der Waals surface area contributed by atoms with E-state index in [4.69, 9.17) is 0 Å². The number of carbonyl (C=O) groups excluding carboxylic acids is 2. The number of urea groups is 2. The van der Waals surface area contributed by atoms with Crippen LogP contribution in [0.25, 0.3) is 0 Å². The predicted molar refractivity (Wildman–Crippen MR) is 153 cm³/mol. The Morgan fingerprint density at radius 1 is 0.553 bits per heavy atom. The molecule has 0 unspecified atom stereocenters. The first-order valence-corrected chi connectivity index (χ1v) is 12.4. The molecule has 3 aromatic rings. The quantitative estimate of drug-likeness (QED) is 0.395. The van der Waals surface area contributed by atoms with Gasteiger partial charge in [-0.2, -0.15) is 0 Å². The highest BCUT2D eigenvalue weighted by atomic mass is 16.2. The molecule has 0 bridgehead atoms. The zero-order valence-electron chi connectivity index (χ0n) is 21.4. The number of carbonyl (C=O) groups is 2. The van der Waals surface area contributed by atoms with Crippen molar-refractivity contribution in [3.05, 3.63) is 83.9 Å². The predicted octanol–water partition coefficient (Wildman–Crippen LogP) is 4.36. The SMILES string of the molecule is CN1CCN=C1c1ccc(NC(=O)Nc2ccc(NC(=O)Nc3ccc(C4=NCCN4C)cc3)cc2)cc1. The van der Waals surface area contributed by atoms with E-state index in [1.807, 2.05) is 62.6 Å². The summed E-state index contributed by atoms with van der Waals surface area (Å²) in [6.45, 7) is 3.44. The molecule has 2 aliphatic rings. The van der Waals surface area contributed by atoms with Gasteiger partial charge < -0.3 is 31.1 Å². The molecule has 0 saturated carbocycles. The number of hydrogen-bond acceptors (Lipinski definition) is 6. The topological polar surface area (TPSA) is 113 Å². The van der Waals surface area contributed by atoms with Crippen molar-refractivity contribution in [2.45, 2.75) is 0 Å². The van der Waals surface area contributed by atoms with Crippen molar-refractivity contribution in [2.24, 2.45) is 9.98 Å². The van der Waals surface area contributed by atoms with Crippen LogP contribution < -0.4 is 21.3 Å². The smallest absolute Gasteiger partial charge is 0.323 e. The second-order valence-corrected chi connectivity index (χ2v) is 9.14. The molecule has 0 fully saturated rings. The van der Waals surface area contributed by atoms with Crippen molar-refractivity contribution in [3.63, 3.8) is 0 Å². The lowest BCUT2D eigenvalue weighted by molar-refractivity contribution is 0.261. The molecule has 0 saturated heterocycles. The van der Waals surface area contributed by atoms with E-state index in [9.17, 15) is 9.59 Å². The van der Waals surface area contributed by atoms with Crippen LogP contribution in [-0.2, 0) is 0 Å². The molecule has 0 spiro atoms. The molecule has 0 radical (unpaired) electrons. The molecule has 0 atom stereocenters. The molecule has 0 aromatic heterocycles. The fraction of sp³-hybridized carbons (Fsp3) is 0.214. The minimum absolute atomic E-state index is 0.357. The number of nitrogens with zero attached hydrogens (tertiary/aromatic N) is 4. The van der Waals surface area contributed by atoms with E-state index in [0.29, 0.717) is 22.7 Å². The highest BCUT2D eigenvalue weighted by Gasteiger charge is 2.15. The molecule has 10 heteroatoms. The summed E-state index contributed by atoms with van der Waals surface area (Å²) in [6.07, 6.45) is 0. The number of amidine groups is 2. The Kier molecular flexibility index (Phi) is 7.21. The van der Waals surface area contributed by atoms with Crippen molar-refractivity contribution in [3.8, 4) is 0 Å². The zero-order chi connectivity index (χ0) is 26.5. The molecule has 5 rings (SSSR count). The van der Waals surface area contributed by atoms with Gasteiger partial charge in [-0.15, -0.1) is 0 Å². The van der Waals surface area contributed by atoms with Crippen LogP contribution in [-0.4, -0.2) is 73.8 Å². The third kappa shape index (κ3) is 5.92. The van der Waals surface area contributed by atoms with Crippen LogP contribution in [0.4, 0.5) is 32.3 Å². The zero-order valence-corrected chi connectivity index (χ0v) is 21.4. The van der Waals surface area contributed by atoms with Gasteiger partial charge in [0.05, 0.1) is 13.1 Å². The highest BCUT2D eigenvalue weighted by Crippen LogP contribution is 2.18. The number of nitrogens with one attached hydrogen (secondary N) is 4. The van der Waals surface area contributed by atoms with Gasteiger partial charge in [-0.05, 0) is 72.8 Å². The van der Waals surface area contributed by atoms with Crippen LogP contribution >= 0.6 is 0 Å². The summed E-state index contributed by atoms with van der Waals surface area (Å²) < 4.78 is 0.